The van der Waals surface area contributed by atoms with Gasteiger partial charge in [-0.1, -0.05) is 21.6 Å². The molecule has 104 valence electrons. The average molecular weight is 400 g/mol. The van der Waals surface area contributed by atoms with Crippen LogP contribution in [-0.4, -0.2) is 0 Å². The minimum absolute atomic E-state index is 0.0776. The van der Waals surface area contributed by atoms with E-state index < -0.39 is 5.23 Å². The molecule has 0 spiro atoms. The van der Waals surface area contributed by atoms with Crippen molar-refractivity contribution in [3.8, 4) is 0 Å². The Hall–Kier alpha value is -1.32. The van der Waals surface area contributed by atoms with Gasteiger partial charge in [-0.25, -0.2) is 0 Å². The zero-order chi connectivity index (χ0) is 14.7. The van der Waals surface area contributed by atoms with E-state index in [1.165, 1.54) is 24.3 Å². The molecule has 8 heteroatoms. The molecule has 0 heterocycles. The third-order valence-corrected chi connectivity index (χ3v) is 3.75. The Bertz CT molecular complexity index is 645. The van der Waals surface area contributed by atoms with Crippen molar-refractivity contribution >= 4 is 54.6 Å². The first kappa shape index (κ1) is 15.1. The monoisotopic (exact) mass is 398 g/mol. The maximum atomic E-state index is 10.6. The summed E-state index contributed by atoms with van der Waals surface area (Å²) in [6.07, 6.45) is 0. The van der Waals surface area contributed by atoms with Crippen LogP contribution in [0.4, 0.5) is 22.7 Å². The molecular weight excluding hydrogens is 392 g/mol. The fourth-order valence-corrected chi connectivity index (χ4v) is 2.14. The minimum Gasteiger partial charge on any atom is -0.696 e. The second-order valence-corrected chi connectivity index (χ2v) is 5.50. The van der Waals surface area contributed by atoms with Crippen LogP contribution in [0.2, 0.25) is 0 Å². The smallest absolute Gasteiger partial charge is 0.131 e. The van der Waals surface area contributed by atoms with E-state index in [0.29, 0.717) is 20.3 Å². The molecule has 2 N–H and O–H groups in total. The van der Waals surface area contributed by atoms with Crippen LogP contribution in [0.25, 0.3) is 5.73 Å². The van der Waals surface area contributed by atoms with Gasteiger partial charge in [0.05, 0.1) is 11.4 Å². The Morgan fingerprint density at radius 1 is 0.900 bits per heavy atom. The molecule has 20 heavy (non-hydrogen) atoms. The van der Waals surface area contributed by atoms with Crippen molar-refractivity contribution < 1.29 is 5.23 Å². The highest BCUT2D eigenvalue weighted by Crippen LogP contribution is 2.41. The highest BCUT2D eigenvalue weighted by molar-refractivity contribution is 9.11. The summed E-state index contributed by atoms with van der Waals surface area (Å²) in [5.74, 6) is 0. The normalized spacial score (nSPS) is 11.4. The molecule has 0 aliphatic carbocycles. The van der Waals surface area contributed by atoms with Crippen molar-refractivity contribution in [3.05, 3.63) is 61.5 Å². The highest BCUT2D eigenvalue weighted by atomic mass is 79.9. The molecule has 0 aromatic heterocycles. The standard InChI is InChI=1S/C12H8Br2N4O2/c13-9-5-6-10(14)12(11(9)15)17-16-7-1-3-8(4-2-7)18(19)20/h1-6,15,18H/q-2. The van der Waals surface area contributed by atoms with Crippen LogP contribution >= 0.6 is 31.9 Å². The first-order valence-electron chi connectivity index (χ1n) is 5.42. The molecule has 0 fully saturated rings. The van der Waals surface area contributed by atoms with E-state index >= 15 is 0 Å². The SMILES string of the molecule is [NH-]c1c(Br)ccc(Br)c1N=Nc1ccc([NH+]([O-])[O-])cc1. The van der Waals surface area contributed by atoms with Gasteiger partial charge in [0.25, 0.3) is 0 Å². The minimum atomic E-state index is -1.24. The van der Waals surface area contributed by atoms with Gasteiger partial charge in [-0.05, 0) is 40.2 Å². The number of nitrogens with one attached hydrogen (secondary N) is 2. The molecule has 0 aliphatic rings. The average Bonchev–Trinajstić information content (AvgIpc) is 2.43. The van der Waals surface area contributed by atoms with E-state index in [0.717, 1.165) is 0 Å². The molecule has 2 rings (SSSR count). The fraction of sp³-hybridized carbons (Fsp3) is 0. The molecule has 0 unspecified atom stereocenters. The molecule has 0 aliphatic heterocycles. The summed E-state index contributed by atoms with van der Waals surface area (Å²) in [6.45, 7) is 0. The molecule has 0 saturated carbocycles. The number of quaternary nitrogens is 1. The number of hydrogen-bond acceptors (Lipinski definition) is 4. The van der Waals surface area contributed by atoms with Crippen molar-refractivity contribution in [1.82, 2.24) is 0 Å². The zero-order valence-electron chi connectivity index (χ0n) is 9.93. The number of hydrogen-bond donors (Lipinski definition) is 1. The third kappa shape index (κ3) is 3.41. The summed E-state index contributed by atoms with van der Waals surface area (Å²) in [5, 5.41) is 28.0. The zero-order valence-corrected chi connectivity index (χ0v) is 13.1. The van der Waals surface area contributed by atoms with E-state index in [1.54, 1.807) is 12.1 Å². The number of benzene rings is 2. The summed E-state index contributed by atoms with van der Waals surface area (Å²) < 4.78 is 1.27. The lowest BCUT2D eigenvalue weighted by Crippen LogP contribution is -2.96. The van der Waals surface area contributed by atoms with Crippen molar-refractivity contribution in [2.75, 3.05) is 0 Å². The van der Waals surface area contributed by atoms with Gasteiger partial charge in [-0.2, -0.15) is 10.2 Å². The first-order valence-corrected chi connectivity index (χ1v) is 7.00. The van der Waals surface area contributed by atoms with Crippen LogP contribution < -0.4 is 5.23 Å². The Morgan fingerprint density at radius 2 is 1.50 bits per heavy atom. The van der Waals surface area contributed by atoms with E-state index in [1.807, 2.05) is 0 Å². The molecule has 6 nitrogen and oxygen atoms in total. The molecule has 0 amide bonds. The van der Waals surface area contributed by atoms with Crippen molar-refractivity contribution in [2.45, 2.75) is 0 Å². The van der Waals surface area contributed by atoms with Gasteiger partial charge in [0.2, 0.25) is 0 Å². The Morgan fingerprint density at radius 3 is 2.10 bits per heavy atom. The van der Waals surface area contributed by atoms with Gasteiger partial charge in [0, 0.05) is 21.1 Å². The largest absolute Gasteiger partial charge is 0.696 e. The predicted molar refractivity (Wildman–Crippen MR) is 83.8 cm³/mol. The van der Waals surface area contributed by atoms with Crippen LogP contribution in [0.15, 0.2) is 55.6 Å². The van der Waals surface area contributed by atoms with Gasteiger partial charge in [-0.15, -0.1) is 0 Å². The lowest BCUT2D eigenvalue weighted by atomic mass is 10.3. The number of azo groups is 1. The summed E-state index contributed by atoms with van der Waals surface area (Å²) in [4.78, 5) is 0. The van der Waals surface area contributed by atoms with Crippen molar-refractivity contribution in [1.29, 1.82) is 0 Å². The first-order chi connectivity index (χ1) is 9.49. The lowest BCUT2D eigenvalue weighted by Gasteiger charge is -2.24. The predicted octanol–water partition coefficient (Wildman–Crippen LogP) is 4.82. The van der Waals surface area contributed by atoms with Crippen LogP contribution in [0, 0.1) is 10.4 Å². The van der Waals surface area contributed by atoms with Gasteiger partial charge in [0.15, 0.2) is 0 Å². The summed E-state index contributed by atoms with van der Waals surface area (Å²) >= 11 is 6.55. The number of halogens is 2. The maximum Gasteiger partial charge on any atom is 0.131 e. The van der Waals surface area contributed by atoms with E-state index in [4.69, 9.17) is 5.73 Å². The van der Waals surface area contributed by atoms with Crippen LogP contribution in [-0.2, 0) is 0 Å². The van der Waals surface area contributed by atoms with Crippen LogP contribution in [0.3, 0.4) is 0 Å². The second-order valence-electron chi connectivity index (χ2n) is 3.79. The molecule has 0 radical (unpaired) electrons. The highest BCUT2D eigenvalue weighted by Gasteiger charge is 2.02. The molecule has 0 atom stereocenters. The van der Waals surface area contributed by atoms with E-state index in [2.05, 4.69) is 42.1 Å². The number of rotatable bonds is 3. The lowest BCUT2D eigenvalue weighted by molar-refractivity contribution is -0.715. The maximum absolute atomic E-state index is 10.6. The van der Waals surface area contributed by atoms with E-state index in [-0.39, 0.29) is 11.4 Å². The third-order valence-electron chi connectivity index (χ3n) is 2.45. The van der Waals surface area contributed by atoms with Crippen molar-refractivity contribution in [3.63, 3.8) is 0 Å². The van der Waals surface area contributed by atoms with Crippen molar-refractivity contribution in [2.24, 2.45) is 10.2 Å². The van der Waals surface area contributed by atoms with Gasteiger partial charge in [-0.3, -0.25) is 0 Å². The molecule has 2 aromatic rings. The Labute approximate surface area is 131 Å². The molecule has 2 aromatic carbocycles. The van der Waals surface area contributed by atoms with E-state index in [9.17, 15) is 10.4 Å². The van der Waals surface area contributed by atoms with Gasteiger partial charge in [0.1, 0.15) is 5.69 Å². The number of nitrogens with zero attached hydrogens (tertiary/aromatic N) is 2. The molecule has 0 bridgehead atoms. The molecular formula is C12H8Br2N4O2-2. The fourth-order valence-electron chi connectivity index (χ4n) is 1.41. The van der Waals surface area contributed by atoms with Crippen LogP contribution in [0.1, 0.15) is 0 Å². The Kier molecular flexibility index (Phi) is 4.84. The quantitative estimate of drug-likeness (QED) is 0.590. The second kappa shape index (κ2) is 6.42. The van der Waals surface area contributed by atoms with Gasteiger partial charge < -0.3 is 21.4 Å². The summed E-state index contributed by atoms with van der Waals surface area (Å²) in [6, 6.07) is 9.31. The molecule has 0 saturated heterocycles. The van der Waals surface area contributed by atoms with Gasteiger partial charge >= 0.3 is 0 Å². The Balaban J connectivity index is 2.28. The van der Waals surface area contributed by atoms with Crippen LogP contribution in [0.5, 0.6) is 0 Å². The summed E-state index contributed by atoms with van der Waals surface area (Å²) in [7, 11) is 0. The topological polar surface area (TPSA) is 99.1 Å². The summed E-state index contributed by atoms with van der Waals surface area (Å²) in [5.41, 5.74) is 9.05.